The fourth-order valence-electron chi connectivity index (χ4n) is 1.69. The van der Waals surface area contributed by atoms with Crippen molar-refractivity contribution in [1.82, 2.24) is 0 Å². The van der Waals surface area contributed by atoms with Crippen LogP contribution in [0.2, 0.25) is 0 Å². The second-order valence-corrected chi connectivity index (χ2v) is 5.94. The molecule has 0 spiro atoms. The molecule has 2 aliphatic rings. The first kappa shape index (κ1) is 11.1. The van der Waals surface area contributed by atoms with Gasteiger partial charge in [0.2, 0.25) is 0 Å². The molecule has 0 aliphatic carbocycles. The zero-order chi connectivity index (χ0) is 10.8. The van der Waals surface area contributed by atoms with Gasteiger partial charge in [-0.05, 0) is 19.9 Å². The van der Waals surface area contributed by atoms with Crippen molar-refractivity contribution in [3.05, 3.63) is 22.2 Å². The maximum atomic E-state index is 6.13. The fraction of sp³-hybridized carbons (Fsp3) is 0.556. The Hall–Kier alpha value is 0.600. The summed E-state index contributed by atoms with van der Waals surface area (Å²) in [6.45, 7) is 3.60. The van der Waals surface area contributed by atoms with E-state index in [9.17, 15) is 0 Å². The summed E-state index contributed by atoms with van der Waals surface area (Å²) in [4.78, 5) is 0. The highest BCUT2D eigenvalue weighted by Crippen LogP contribution is 2.58. The maximum absolute atomic E-state index is 6.13. The van der Waals surface area contributed by atoms with Crippen LogP contribution in [0.4, 0.5) is 0 Å². The highest BCUT2D eigenvalue weighted by molar-refractivity contribution is 6.59. The Morgan fingerprint density at radius 1 is 1.07 bits per heavy atom. The van der Waals surface area contributed by atoms with E-state index in [1.54, 1.807) is 13.0 Å². The predicted octanol–water partition coefficient (Wildman–Crippen LogP) is 3.97. The molecule has 1 nitrogen and oxygen atoms in total. The second kappa shape index (κ2) is 2.83. The summed E-state index contributed by atoms with van der Waals surface area (Å²) in [6, 6.07) is 0. The highest BCUT2D eigenvalue weighted by Gasteiger charge is 2.60. The minimum absolute atomic E-state index is 0.240. The maximum Gasteiger partial charge on any atom is 0.186 e. The zero-order valence-electron chi connectivity index (χ0n) is 7.57. The molecule has 0 radical (unpaired) electrons. The quantitative estimate of drug-likeness (QED) is 0.479. The van der Waals surface area contributed by atoms with Crippen LogP contribution in [-0.2, 0) is 4.74 Å². The monoisotopic (exact) mass is 272 g/mol. The summed E-state index contributed by atoms with van der Waals surface area (Å²) in [5, 5.41) is 0.583. The van der Waals surface area contributed by atoms with Gasteiger partial charge in [0.15, 0.2) is 4.33 Å². The summed E-state index contributed by atoms with van der Waals surface area (Å²) < 4.78 is 4.40. The van der Waals surface area contributed by atoms with Gasteiger partial charge in [-0.3, -0.25) is 0 Å². The first-order valence-electron chi connectivity index (χ1n) is 4.07. The molecule has 0 fully saturated rings. The molecule has 5 heteroatoms. The van der Waals surface area contributed by atoms with Gasteiger partial charge in [-0.2, -0.15) is 0 Å². The van der Waals surface area contributed by atoms with Crippen LogP contribution in [0.5, 0.6) is 0 Å². The second-order valence-electron chi connectivity index (χ2n) is 3.85. The number of fused-ring (bicyclic) bond motifs is 2. The molecular weight excluding hydrogens is 266 g/mol. The summed E-state index contributed by atoms with van der Waals surface area (Å²) in [5.74, 6) is 0. The molecular formula is C9H8Cl4O. The van der Waals surface area contributed by atoms with Crippen LogP contribution in [0.3, 0.4) is 0 Å². The van der Waals surface area contributed by atoms with E-state index in [1.807, 2.05) is 13.0 Å². The average Bonchev–Trinajstić information content (AvgIpc) is 2.40. The molecule has 0 aromatic carbocycles. The van der Waals surface area contributed by atoms with Crippen LogP contribution in [0, 0.1) is 0 Å². The number of halogens is 4. The number of hydrogen-bond donors (Lipinski definition) is 0. The van der Waals surface area contributed by atoms with Crippen LogP contribution < -0.4 is 0 Å². The van der Waals surface area contributed by atoms with E-state index >= 15 is 0 Å². The van der Waals surface area contributed by atoms with Gasteiger partial charge in [0.1, 0.15) is 11.2 Å². The molecule has 2 heterocycles. The van der Waals surface area contributed by atoms with Crippen LogP contribution in [0.15, 0.2) is 22.2 Å². The molecule has 2 bridgehead atoms. The Balaban J connectivity index is 2.67. The van der Waals surface area contributed by atoms with E-state index in [1.165, 1.54) is 0 Å². The predicted molar refractivity (Wildman–Crippen MR) is 60.2 cm³/mol. The molecule has 78 valence electrons. The van der Waals surface area contributed by atoms with Gasteiger partial charge in [-0.25, -0.2) is 0 Å². The van der Waals surface area contributed by atoms with Crippen molar-refractivity contribution in [2.45, 2.75) is 29.4 Å². The smallest absolute Gasteiger partial charge is 0.186 e. The molecule has 0 unspecified atom stereocenters. The third-order valence-electron chi connectivity index (χ3n) is 2.67. The fourth-order valence-corrected chi connectivity index (χ4v) is 2.79. The van der Waals surface area contributed by atoms with Crippen molar-refractivity contribution in [2.75, 3.05) is 0 Å². The van der Waals surface area contributed by atoms with Gasteiger partial charge in [-0.15, -0.1) is 0 Å². The Kier molecular flexibility index (Phi) is 2.25. The normalized spacial score (nSPS) is 44.7. The topological polar surface area (TPSA) is 9.23 Å². The van der Waals surface area contributed by atoms with Crippen molar-refractivity contribution in [2.24, 2.45) is 0 Å². The Labute approximate surface area is 103 Å². The van der Waals surface area contributed by atoms with E-state index in [0.29, 0.717) is 5.03 Å². The van der Waals surface area contributed by atoms with Crippen molar-refractivity contribution in [3.63, 3.8) is 0 Å². The molecule has 2 atom stereocenters. The lowest BCUT2D eigenvalue weighted by molar-refractivity contribution is -0.0588. The number of ether oxygens (including phenoxy) is 1. The number of rotatable bonds is 0. The van der Waals surface area contributed by atoms with Gasteiger partial charge < -0.3 is 4.74 Å². The van der Waals surface area contributed by atoms with Crippen molar-refractivity contribution in [1.29, 1.82) is 0 Å². The van der Waals surface area contributed by atoms with Gasteiger partial charge in [-0.1, -0.05) is 52.5 Å². The molecule has 0 aromatic rings. The summed E-state index contributed by atoms with van der Waals surface area (Å²) >= 11 is 24.3. The minimum atomic E-state index is -1.32. The van der Waals surface area contributed by atoms with Gasteiger partial charge in [0.05, 0.1) is 10.1 Å². The molecule has 2 rings (SSSR count). The molecule has 0 saturated carbocycles. The third-order valence-corrected chi connectivity index (χ3v) is 5.13. The standard InChI is InChI=1S/C9H8Cl4O/c1-7-3-4-8(2,14-7)9(12,13)6(11)5(7)10/h3-4H,1-2H3/t7-,8+/m1/s1. The van der Waals surface area contributed by atoms with Gasteiger partial charge in [0.25, 0.3) is 0 Å². The van der Waals surface area contributed by atoms with E-state index in [0.717, 1.165) is 0 Å². The Morgan fingerprint density at radius 2 is 1.64 bits per heavy atom. The molecule has 14 heavy (non-hydrogen) atoms. The third kappa shape index (κ3) is 1.14. The SMILES string of the molecule is C[C@]12C=C[C@](C)(O1)C(Cl)(Cl)C(Cl)=C2Cl. The van der Waals surface area contributed by atoms with Gasteiger partial charge in [0, 0.05) is 0 Å². The number of hydrogen-bond acceptors (Lipinski definition) is 1. The number of alkyl halides is 2. The average molecular weight is 274 g/mol. The van der Waals surface area contributed by atoms with Crippen molar-refractivity contribution < 1.29 is 4.74 Å². The molecule has 0 amide bonds. The first-order chi connectivity index (χ1) is 6.23. The largest absolute Gasteiger partial charge is 0.352 e. The van der Waals surface area contributed by atoms with E-state index < -0.39 is 15.5 Å². The highest BCUT2D eigenvalue weighted by atomic mass is 35.5. The summed E-state index contributed by atoms with van der Waals surface area (Å²) in [7, 11) is 0. The van der Waals surface area contributed by atoms with Crippen LogP contribution in [-0.4, -0.2) is 15.5 Å². The van der Waals surface area contributed by atoms with Gasteiger partial charge >= 0.3 is 0 Å². The van der Waals surface area contributed by atoms with E-state index in [2.05, 4.69) is 0 Å². The first-order valence-corrected chi connectivity index (χ1v) is 5.59. The Morgan fingerprint density at radius 3 is 2.21 bits per heavy atom. The van der Waals surface area contributed by atoms with Crippen LogP contribution >= 0.6 is 46.4 Å². The molecule has 0 N–H and O–H groups in total. The zero-order valence-corrected chi connectivity index (χ0v) is 10.6. The lowest BCUT2D eigenvalue weighted by Crippen LogP contribution is -2.50. The lowest BCUT2D eigenvalue weighted by Gasteiger charge is -2.43. The van der Waals surface area contributed by atoms with Crippen molar-refractivity contribution in [3.8, 4) is 0 Å². The summed E-state index contributed by atoms with van der Waals surface area (Å²) in [6.07, 6.45) is 3.62. The molecule has 0 aromatic heterocycles. The Bertz CT molecular complexity index is 360. The van der Waals surface area contributed by atoms with E-state index in [-0.39, 0.29) is 5.03 Å². The molecule has 2 aliphatic heterocycles. The molecule has 0 saturated heterocycles. The van der Waals surface area contributed by atoms with Crippen molar-refractivity contribution >= 4 is 46.4 Å². The van der Waals surface area contributed by atoms with E-state index in [4.69, 9.17) is 51.1 Å². The minimum Gasteiger partial charge on any atom is -0.352 e. The van der Waals surface area contributed by atoms with Crippen LogP contribution in [0.25, 0.3) is 0 Å². The summed E-state index contributed by atoms with van der Waals surface area (Å²) in [5.41, 5.74) is -1.51. The van der Waals surface area contributed by atoms with Crippen LogP contribution in [0.1, 0.15) is 13.8 Å². The lowest BCUT2D eigenvalue weighted by atomic mass is 9.99.